The molecular weight excluding hydrogens is 844 g/mol. The number of nitrogen functional groups attached to an aromatic ring is 2. The van der Waals surface area contributed by atoms with Gasteiger partial charge in [-0.15, -0.1) is 0 Å². The maximum absolute atomic E-state index is 12.8. The largest absolute Gasteiger partial charge is 0.416 e. The molecule has 8 N–H and O–H groups in total. The highest BCUT2D eigenvalue weighted by Gasteiger charge is 2.32. The highest BCUT2D eigenvalue weighted by molar-refractivity contribution is 6.36. The zero-order chi connectivity index (χ0) is 40.9. The molecule has 0 saturated heterocycles. The molecule has 2 heterocycles. The summed E-state index contributed by atoms with van der Waals surface area (Å²) < 4.78 is 76.6. The van der Waals surface area contributed by atoms with E-state index < -0.39 is 35.3 Å². The van der Waals surface area contributed by atoms with E-state index in [0.29, 0.717) is 42.9 Å². The summed E-state index contributed by atoms with van der Waals surface area (Å²) in [6.45, 7) is 0. The molecule has 0 radical (unpaired) electrons. The molecular formula is C37H30Cl4F6N8O2. The number of carbonyl (C=O) groups is 2. The van der Waals surface area contributed by atoms with Crippen LogP contribution in [-0.4, -0.2) is 31.8 Å². The minimum Gasteiger partial charge on any atom is -0.397 e. The Morgan fingerprint density at radius 3 is 1.42 bits per heavy atom. The lowest BCUT2D eigenvalue weighted by molar-refractivity contribution is -0.138. The van der Waals surface area contributed by atoms with Crippen LogP contribution in [0.4, 0.5) is 49.1 Å². The summed E-state index contributed by atoms with van der Waals surface area (Å²) in [6, 6.07) is 15.5. The Balaban J connectivity index is 0.000000248. The molecule has 0 aliphatic rings. The molecule has 6 rings (SSSR count). The van der Waals surface area contributed by atoms with Crippen molar-refractivity contribution in [3.8, 4) is 0 Å². The van der Waals surface area contributed by atoms with Gasteiger partial charge >= 0.3 is 12.4 Å². The van der Waals surface area contributed by atoms with E-state index in [1.807, 2.05) is 0 Å². The fraction of sp³-hybridized carbons (Fsp3) is 0.135. The van der Waals surface area contributed by atoms with Gasteiger partial charge in [-0.25, -0.2) is 9.97 Å². The van der Waals surface area contributed by atoms with E-state index >= 15 is 0 Å². The fourth-order valence-corrected chi connectivity index (χ4v) is 6.01. The van der Waals surface area contributed by atoms with Gasteiger partial charge in [-0.05, 0) is 71.8 Å². The number of aromatic nitrogens is 4. The summed E-state index contributed by atoms with van der Waals surface area (Å²) >= 11 is 24.5. The van der Waals surface area contributed by atoms with E-state index in [4.69, 9.17) is 57.9 Å². The predicted octanol–water partition coefficient (Wildman–Crippen LogP) is 11.0. The highest BCUT2D eigenvalue weighted by atomic mass is 35.5. The lowest BCUT2D eigenvalue weighted by Crippen LogP contribution is -2.15. The molecule has 0 fully saturated rings. The van der Waals surface area contributed by atoms with Crippen LogP contribution in [0, 0.1) is 0 Å². The van der Waals surface area contributed by atoms with Crippen LogP contribution in [0.25, 0.3) is 0 Å². The van der Waals surface area contributed by atoms with E-state index in [0.717, 1.165) is 36.4 Å². The number of nitrogens with two attached hydrogens (primary N) is 2. The molecule has 20 heteroatoms. The quantitative estimate of drug-likeness (QED) is 0.0657. The van der Waals surface area contributed by atoms with Gasteiger partial charge in [-0.2, -0.15) is 26.3 Å². The number of nitrogens with one attached hydrogen (secondary N) is 4. The van der Waals surface area contributed by atoms with Gasteiger partial charge < -0.3 is 32.1 Å². The number of aromatic amines is 2. The molecule has 10 nitrogen and oxygen atoms in total. The van der Waals surface area contributed by atoms with Gasteiger partial charge in [0.05, 0.1) is 46.3 Å². The average Bonchev–Trinajstić information content (AvgIpc) is 3.80. The van der Waals surface area contributed by atoms with Crippen LogP contribution < -0.4 is 22.1 Å². The smallest absolute Gasteiger partial charge is 0.397 e. The first-order chi connectivity index (χ1) is 26.3. The van der Waals surface area contributed by atoms with Crippen molar-refractivity contribution in [3.63, 3.8) is 0 Å². The normalized spacial score (nSPS) is 11.3. The Bertz CT molecular complexity index is 2360. The molecule has 57 heavy (non-hydrogen) atoms. The summed E-state index contributed by atoms with van der Waals surface area (Å²) in [6.07, 6.45) is -5.99. The molecule has 2 aromatic heterocycles. The van der Waals surface area contributed by atoms with Crippen molar-refractivity contribution < 1.29 is 35.9 Å². The summed E-state index contributed by atoms with van der Waals surface area (Å²) in [5.41, 5.74) is 10.6. The third-order valence-corrected chi connectivity index (χ3v) is 9.23. The van der Waals surface area contributed by atoms with Crippen LogP contribution in [0.3, 0.4) is 0 Å². The van der Waals surface area contributed by atoms with Gasteiger partial charge in [0.25, 0.3) is 11.8 Å². The molecule has 0 saturated carbocycles. The van der Waals surface area contributed by atoms with Crippen molar-refractivity contribution in [1.29, 1.82) is 0 Å². The molecule has 0 unspecified atom stereocenters. The van der Waals surface area contributed by atoms with Crippen molar-refractivity contribution in [1.82, 2.24) is 19.9 Å². The first kappa shape index (κ1) is 44.3. The van der Waals surface area contributed by atoms with Crippen LogP contribution in [0.15, 0.2) is 85.2 Å². The second-order valence-corrected chi connectivity index (χ2v) is 13.4. The Labute approximate surface area is 340 Å². The number of nitrogens with zero attached hydrogens (tertiary/aromatic N) is 2. The summed E-state index contributed by atoms with van der Waals surface area (Å²) in [5.74, 6) is -0.428. The number of alkyl halides is 6. The van der Waals surface area contributed by atoms with Gasteiger partial charge in [0, 0.05) is 32.9 Å². The number of halogens is 10. The zero-order valence-corrected chi connectivity index (χ0v) is 31.2. The van der Waals surface area contributed by atoms with E-state index in [2.05, 4.69) is 30.6 Å². The van der Waals surface area contributed by atoms with Gasteiger partial charge in [0.1, 0.15) is 23.0 Å². The molecule has 0 atom stereocenters. The minimum atomic E-state index is -4.55. The van der Waals surface area contributed by atoms with Crippen molar-refractivity contribution in [3.05, 3.63) is 151 Å². The zero-order valence-electron chi connectivity index (χ0n) is 28.1. The summed E-state index contributed by atoms with van der Waals surface area (Å²) in [7, 11) is 0. The molecule has 300 valence electrons. The first-order valence-corrected chi connectivity index (χ1v) is 17.3. The third kappa shape index (κ3) is 11.3. The van der Waals surface area contributed by atoms with E-state index in [1.165, 1.54) is 12.4 Å². The van der Waals surface area contributed by atoms with Crippen molar-refractivity contribution >= 4 is 81.0 Å². The second kappa shape index (κ2) is 18.2. The van der Waals surface area contributed by atoms with Gasteiger partial charge in [-0.1, -0.05) is 66.0 Å². The van der Waals surface area contributed by atoms with Crippen molar-refractivity contribution in [2.24, 2.45) is 0 Å². The van der Waals surface area contributed by atoms with Gasteiger partial charge in [0.2, 0.25) is 0 Å². The number of H-pyrrole nitrogens is 2. The van der Waals surface area contributed by atoms with Crippen LogP contribution in [0.1, 0.15) is 62.3 Å². The van der Waals surface area contributed by atoms with Crippen LogP contribution in [0.5, 0.6) is 0 Å². The van der Waals surface area contributed by atoms with E-state index in [9.17, 15) is 35.9 Å². The highest BCUT2D eigenvalue weighted by Crippen LogP contribution is 2.35. The van der Waals surface area contributed by atoms with Crippen molar-refractivity contribution in [2.45, 2.75) is 32.6 Å². The molecule has 0 aliphatic carbocycles. The number of benzene rings is 4. The lowest BCUT2D eigenvalue weighted by Gasteiger charge is -2.11. The minimum absolute atomic E-state index is 0. The molecule has 2 amide bonds. The Kier molecular flexibility index (Phi) is 14.2. The number of carbonyl (C=O) groups excluding carboxylic acids is 2. The van der Waals surface area contributed by atoms with E-state index in [-0.39, 0.29) is 54.4 Å². The summed E-state index contributed by atoms with van der Waals surface area (Å²) in [5, 5.41) is 6.63. The monoisotopic (exact) mass is 872 g/mol. The molecule has 4 aromatic carbocycles. The molecule has 6 aromatic rings. The maximum atomic E-state index is 12.8. The Morgan fingerprint density at radius 1 is 0.596 bits per heavy atom. The Morgan fingerprint density at radius 2 is 1.00 bits per heavy atom. The Hall–Kier alpha value is -5.42. The molecule has 0 bridgehead atoms. The number of anilines is 4. The lowest BCUT2D eigenvalue weighted by atomic mass is 10.1. The molecule has 0 spiro atoms. The van der Waals surface area contributed by atoms with Crippen LogP contribution >= 0.6 is 46.4 Å². The first-order valence-electron chi connectivity index (χ1n) is 15.8. The standard InChI is InChI=1S/2C18H13Cl2F3N4O.CH4/c19-11-2-1-3-12(20)10(11)7-16-25-8-15(26-16)17(28)27-14-5-4-9(6-13(14)24)18(21,22)23;19-11-2-1-3-12(20)10(11)7-16-25-8-15(26-16)17(28)27-14-6-9(18(21,22)23)4-5-13(14)24;/h2*1-6,8H,7,24H2,(H,25,26)(H,27,28);1H4. The third-order valence-electron chi connectivity index (χ3n) is 7.81. The van der Waals surface area contributed by atoms with Crippen LogP contribution in [0.2, 0.25) is 20.1 Å². The summed E-state index contributed by atoms with van der Waals surface area (Å²) in [4.78, 5) is 38.5. The van der Waals surface area contributed by atoms with Crippen molar-refractivity contribution in [2.75, 3.05) is 22.1 Å². The predicted molar refractivity (Wildman–Crippen MR) is 210 cm³/mol. The second-order valence-electron chi connectivity index (χ2n) is 11.7. The number of rotatable bonds is 8. The fourth-order valence-electron chi connectivity index (χ4n) is 4.95. The molecule has 0 aliphatic heterocycles. The maximum Gasteiger partial charge on any atom is 0.416 e. The topological polar surface area (TPSA) is 168 Å². The van der Waals surface area contributed by atoms with Gasteiger partial charge in [0.15, 0.2) is 0 Å². The number of amides is 2. The van der Waals surface area contributed by atoms with Gasteiger partial charge in [-0.3, -0.25) is 9.59 Å². The number of hydrogen-bond acceptors (Lipinski definition) is 6. The number of hydrogen-bond donors (Lipinski definition) is 6. The van der Waals surface area contributed by atoms with E-state index in [1.54, 1.807) is 36.4 Å². The average molecular weight is 875 g/mol. The van der Waals surface area contributed by atoms with Crippen LogP contribution in [-0.2, 0) is 25.2 Å². The SMILES string of the molecule is C.Nc1cc(C(F)(F)F)ccc1NC(=O)c1cnc(Cc2c(Cl)cccc2Cl)[nH]1.Nc1ccc(C(F)(F)F)cc1NC(=O)c1cnc(Cc2c(Cl)cccc2Cl)[nH]1. The number of imidazole rings is 2.